The Balaban J connectivity index is 2.07. The SMILES string of the molecule is CCC(=O)N1CC[C@@H](NC(=O)c2cc(Cl)cc(C(F)(F)F)c2)C1. The summed E-state index contributed by atoms with van der Waals surface area (Å²) in [5, 5.41) is 2.50. The van der Waals surface area contributed by atoms with Crippen molar-refractivity contribution >= 4 is 23.4 Å². The zero-order valence-corrected chi connectivity index (χ0v) is 13.2. The molecule has 0 unspecified atom stereocenters. The number of alkyl halides is 3. The third kappa shape index (κ3) is 4.37. The average molecular weight is 349 g/mol. The second-order valence-corrected chi connectivity index (χ2v) is 5.82. The molecule has 1 N–H and O–H groups in total. The van der Waals surface area contributed by atoms with Gasteiger partial charge in [0.1, 0.15) is 0 Å². The Hall–Kier alpha value is -1.76. The Kier molecular flexibility index (Phi) is 5.19. The molecule has 0 saturated carbocycles. The van der Waals surface area contributed by atoms with Crippen LogP contribution in [0.3, 0.4) is 0 Å². The van der Waals surface area contributed by atoms with Gasteiger partial charge in [-0.3, -0.25) is 9.59 Å². The first-order valence-corrected chi connectivity index (χ1v) is 7.55. The van der Waals surface area contributed by atoms with Crippen molar-refractivity contribution in [3.63, 3.8) is 0 Å². The highest BCUT2D eigenvalue weighted by atomic mass is 35.5. The second-order valence-electron chi connectivity index (χ2n) is 5.38. The van der Waals surface area contributed by atoms with Crippen LogP contribution in [0.1, 0.15) is 35.7 Å². The first-order valence-electron chi connectivity index (χ1n) is 7.17. The van der Waals surface area contributed by atoms with Gasteiger partial charge in [-0.25, -0.2) is 0 Å². The molecule has 1 aliphatic heterocycles. The number of benzene rings is 1. The summed E-state index contributed by atoms with van der Waals surface area (Å²) < 4.78 is 38.3. The zero-order valence-electron chi connectivity index (χ0n) is 12.4. The molecular weight excluding hydrogens is 333 g/mol. The molecule has 2 amide bonds. The van der Waals surface area contributed by atoms with Gasteiger partial charge < -0.3 is 10.2 Å². The number of carbonyl (C=O) groups is 2. The minimum atomic E-state index is -4.57. The van der Waals surface area contributed by atoms with Crippen molar-refractivity contribution in [1.29, 1.82) is 0 Å². The smallest absolute Gasteiger partial charge is 0.347 e. The van der Waals surface area contributed by atoms with Crippen molar-refractivity contribution in [2.24, 2.45) is 0 Å². The van der Waals surface area contributed by atoms with Crippen molar-refractivity contribution in [2.45, 2.75) is 32.0 Å². The van der Waals surface area contributed by atoms with Crippen LogP contribution in [0.2, 0.25) is 5.02 Å². The third-order valence-electron chi connectivity index (χ3n) is 3.67. The van der Waals surface area contributed by atoms with E-state index in [-0.39, 0.29) is 22.5 Å². The van der Waals surface area contributed by atoms with Crippen LogP contribution in [0.4, 0.5) is 13.2 Å². The van der Waals surface area contributed by atoms with Crippen LogP contribution in [0, 0.1) is 0 Å². The lowest BCUT2D eigenvalue weighted by Gasteiger charge is -2.16. The molecule has 4 nitrogen and oxygen atoms in total. The predicted molar refractivity (Wildman–Crippen MR) is 79.2 cm³/mol. The number of halogens is 4. The average Bonchev–Trinajstić information content (AvgIpc) is 2.93. The molecule has 126 valence electrons. The van der Waals surface area contributed by atoms with E-state index in [1.165, 1.54) is 6.07 Å². The van der Waals surface area contributed by atoms with E-state index < -0.39 is 17.6 Å². The lowest BCUT2D eigenvalue weighted by atomic mass is 10.1. The van der Waals surface area contributed by atoms with Crippen molar-refractivity contribution in [3.8, 4) is 0 Å². The van der Waals surface area contributed by atoms with Crippen molar-refractivity contribution in [3.05, 3.63) is 34.3 Å². The third-order valence-corrected chi connectivity index (χ3v) is 3.88. The maximum Gasteiger partial charge on any atom is 0.416 e. The molecule has 0 bridgehead atoms. The number of carbonyl (C=O) groups excluding carboxylic acids is 2. The van der Waals surface area contributed by atoms with E-state index in [9.17, 15) is 22.8 Å². The molecule has 0 aliphatic carbocycles. The Morgan fingerprint density at radius 3 is 2.65 bits per heavy atom. The summed E-state index contributed by atoms with van der Waals surface area (Å²) in [5.41, 5.74) is -1.12. The molecule has 0 spiro atoms. The topological polar surface area (TPSA) is 49.4 Å². The molecule has 1 heterocycles. The molecule has 0 aromatic heterocycles. The largest absolute Gasteiger partial charge is 0.416 e. The molecule has 1 atom stereocenters. The van der Waals surface area contributed by atoms with Crippen LogP contribution in [-0.4, -0.2) is 35.8 Å². The van der Waals surface area contributed by atoms with E-state index in [1.807, 2.05) is 0 Å². The fourth-order valence-corrected chi connectivity index (χ4v) is 2.72. The molecule has 0 radical (unpaired) electrons. The van der Waals surface area contributed by atoms with Gasteiger partial charge in [-0.1, -0.05) is 18.5 Å². The molecule has 1 aromatic rings. The second kappa shape index (κ2) is 6.78. The van der Waals surface area contributed by atoms with E-state index in [0.717, 1.165) is 12.1 Å². The first-order chi connectivity index (χ1) is 10.7. The number of likely N-dealkylation sites (tertiary alicyclic amines) is 1. The van der Waals surface area contributed by atoms with Gasteiger partial charge >= 0.3 is 6.18 Å². The Labute approximate surface area is 136 Å². The van der Waals surface area contributed by atoms with Crippen LogP contribution in [-0.2, 0) is 11.0 Å². The number of hydrogen-bond donors (Lipinski definition) is 1. The molecular formula is C15H16ClF3N2O2. The van der Waals surface area contributed by atoms with E-state index in [1.54, 1.807) is 11.8 Å². The normalized spacial score (nSPS) is 18.1. The summed E-state index contributed by atoms with van der Waals surface area (Å²) in [5.74, 6) is -0.641. The van der Waals surface area contributed by atoms with Gasteiger partial charge in [-0.15, -0.1) is 0 Å². The Bertz CT molecular complexity index is 619. The lowest BCUT2D eigenvalue weighted by Crippen LogP contribution is -2.38. The molecule has 1 aliphatic rings. The van der Waals surface area contributed by atoms with Crippen LogP contribution >= 0.6 is 11.6 Å². The van der Waals surface area contributed by atoms with Gasteiger partial charge in [-0.05, 0) is 24.6 Å². The number of nitrogens with zero attached hydrogens (tertiary/aromatic N) is 1. The maximum atomic E-state index is 12.8. The van der Waals surface area contributed by atoms with E-state index in [4.69, 9.17) is 11.6 Å². The fourth-order valence-electron chi connectivity index (χ4n) is 2.48. The molecule has 1 saturated heterocycles. The van der Waals surface area contributed by atoms with E-state index >= 15 is 0 Å². The van der Waals surface area contributed by atoms with E-state index in [2.05, 4.69) is 5.32 Å². The summed E-state index contributed by atoms with van der Waals surface area (Å²) in [6.45, 7) is 2.64. The zero-order chi connectivity index (χ0) is 17.2. The van der Waals surface area contributed by atoms with Crippen LogP contribution < -0.4 is 5.32 Å². The summed E-state index contributed by atoms with van der Waals surface area (Å²) in [7, 11) is 0. The highest BCUT2D eigenvalue weighted by Gasteiger charge is 2.32. The van der Waals surface area contributed by atoms with Crippen LogP contribution in [0.25, 0.3) is 0 Å². The summed E-state index contributed by atoms with van der Waals surface area (Å²) in [4.78, 5) is 25.4. The van der Waals surface area contributed by atoms with Crippen LogP contribution in [0.15, 0.2) is 18.2 Å². The van der Waals surface area contributed by atoms with E-state index in [0.29, 0.717) is 25.9 Å². The van der Waals surface area contributed by atoms with Gasteiger partial charge in [0.05, 0.1) is 5.56 Å². The van der Waals surface area contributed by atoms with Gasteiger partial charge in [0.25, 0.3) is 5.91 Å². The number of amides is 2. The summed E-state index contributed by atoms with van der Waals surface area (Å²) >= 11 is 5.67. The van der Waals surface area contributed by atoms with Crippen molar-refractivity contribution in [1.82, 2.24) is 10.2 Å². The Morgan fingerprint density at radius 2 is 2.04 bits per heavy atom. The van der Waals surface area contributed by atoms with Gasteiger partial charge in [0.2, 0.25) is 5.91 Å². The molecule has 8 heteroatoms. The van der Waals surface area contributed by atoms with Crippen molar-refractivity contribution in [2.75, 3.05) is 13.1 Å². The monoisotopic (exact) mass is 348 g/mol. The minimum Gasteiger partial charge on any atom is -0.347 e. The quantitative estimate of drug-likeness (QED) is 0.912. The van der Waals surface area contributed by atoms with Gasteiger partial charge in [0.15, 0.2) is 0 Å². The highest BCUT2D eigenvalue weighted by molar-refractivity contribution is 6.31. The molecule has 2 rings (SSSR count). The van der Waals surface area contributed by atoms with Crippen molar-refractivity contribution < 1.29 is 22.8 Å². The summed E-state index contributed by atoms with van der Waals surface area (Å²) in [6, 6.07) is 2.46. The van der Waals surface area contributed by atoms with Gasteiger partial charge in [0, 0.05) is 36.1 Å². The summed E-state index contributed by atoms with van der Waals surface area (Å²) in [6.07, 6.45) is -3.62. The standard InChI is InChI=1S/C15H16ClF3N2O2/c1-2-13(22)21-4-3-12(8-21)20-14(23)9-5-10(15(17,18)19)7-11(16)6-9/h5-7,12H,2-4,8H2,1H3,(H,20,23)/t12-/m1/s1. The molecule has 23 heavy (non-hydrogen) atoms. The molecule has 1 aromatic carbocycles. The molecule has 1 fully saturated rings. The van der Waals surface area contributed by atoms with Gasteiger partial charge in [-0.2, -0.15) is 13.2 Å². The highest BCUT2D eigenvalue weighted by Crippen LogP contribution is 2.32. The predicted octanol–water partition coefficient (Wildman–Crippen LogP) is 3.10. The maximum absolute atomic E-state index is 12.8. The number of rotatable bonds is 3. The fraction of sp³-hybridized carbons (Fsp3) is 0.467. The lowest BCUT2D eigenvalue weighted by molar-refractivity contribution is -0.137. The first kappa shape index (κ1) is 17.6. The number of hydrogen-bond acceptors (Lipinski definition) is 2. The van der Waals surface area contributed by atoms with Crippen LogP contribution in [0.5, 0.6) is 0 Å². The minimum absolute atomic E-state index is 0.0103. The number of nitrogens with one attached hydrogen (secondary N) is 1. The Morgan fingerprint density at radius 1 is 1.35 bits per heavy atom.